The molecule has 116 valence electrons. The molecule has 0 fully saturated rings. The van der Waals surface area contributed by atoms with Crippen LogP contribution in [0, 0.1) is 0 Å². The second-order valence-electron chi connectivity index (χ2n) is 3.90. The average molecular weight is 363 g/mol. The number of rotatable bonds is 8. The third-order valence-corrected chi connectivity index (χ3v) is 2.87. The normalized spacial score (nSPS) is 13.9. The maximum atomic E-state index is 13.0. The Morgan fingerprint density at radius 3 is 1.53 bits per heavy atom. The number of unbranched alkanes of at least 4 members (excludes halogenated alkanes) is 4. The summed E-state index contributed by atoms with van der Waals surface area (Å²) >= 11 is 3.18. The Kier molecular flexibility index (Phi) is 7.64. The van der Waals surface area contributed by atoms with E-state index in [0.29, 0.717) is 12.8 Å². The summed E-state index contributed by atoms with van der Waals surface area (Å²) in [5.41, 5.74) is 0. The number of hydrogen-bond acceptors (Lipinski definition) is 1. The van der Waals surface area contributed by atoms with Crippen molar-refractivity contribution in [2.75, 3.05) is 11.9 Å². The highest BCUT2D eigenvalue weighted by Crippen LogP contribution is 2.46. The monoisotopic (exact) mass is 362 g/mol. The lowest BCUT2D eigenvalue weighted by Gasteiger charge is -2.29. The Balaban J connectivity index is 4.18. The number of alkyl halides is 8. The molecule has 19 heavy (non-hydrogen) atoms. The molecule has 0 aliphatic carbocycles. The number of ether oxygens (including phenoxy) is 1. The molecule has 1 nitrogen and oxygen atoms in total. The van der Waals surface area contributed by atoms with E-state index in [1.54, 1.807) is 0 Å². The van der Waals surface area contributed by atoms with Gasteiger partial charge >= 0.3 is 18.2 Å². The molecule has 0 aromatic carbocycles. The first-order valence-electron chi connectivity index (χ1n) is 5.58. The van der Waals surface area contributed by atoms with Gasteiger partial charge in [-0.15, -0.1) is 0 Å². The minimum Gasteiger partial charge on any atom is -0.332 e. The molecule has 0 aliphatic rings. The van der Waals surface area contributed by atoms with Crippen LogP contribution in [-0.2, 0) is 4.74 Å². The number of halogens is 8. The van der Waals surface area contributed by atoms with Crippen LogP contribution in [0.5, 0.6) is 0 Å². The molecule has 0 bridgehead atoms. The summed E-state index contributed by atoms with van der Waals surface area (Å²) in [7, 11) is 0. The summed E-state index contributed by atoms with van der Waals surface area (Å²) in [6.45, 7) is -0.927. The van der Waals surface area contributed by atoms with Crippen LogP contribution in [-0.4, -0.2) is 30.1 Å². The molecule has 0 heterocycles. The van der Waals surface area contributed by atoms with E-state index >= 15 is 0 Å². The van der Waals surface area contributed by atoms with E-state index in [1.165, 1.54) is 0 Å². The highest BCUT2D eigenvalue weighted by molar-refractivity contribution is 9.09. The summed E-state index contributed by atoms with van der Waals surface area (Å²) in [5, 5.41) is 0.777. The van der Waals surface area contributed by atoms with E-state index in [1.807, 2.05) is 0 Å². The van der Waals surface area contributed by atoms with Crippen molar-refractivity contribution in [1.82, 2.24) is 0 Å². The fourth-order valence-corrected chi connectivity index (χ4v) is 1.66. The summed E-state index contributed by atoms with van der Waals surface area (Å²) < 4.78 is 88.7. The first-order valence-corrected chi connectivity index (χ1v) is 6.70. The molecule has 0 amide bonds. The van der Waals surface area contributed by atoms with Crippen molar-refractivity contribution in [3.05, 3.63) is 0 Å². The van der Waals surface area contributed by atoms with Crippen LogP contribution >= 0.6 is 15.9 Å². The Bertz CT molecular complexity index is 237. The van der Waals surface area contributed by atoms with E-state index in [9.17, 15) is 30.7 Å². The van der Waals surface area contributed by atoms with E-state index in [4.69, 9.17) is 0 Å². The van der Waals surface area contributed by atoms with Gasteiger partial charge in [0.2, 0.25) is 0 Å². The van der Waals surface area contributed by atoms with Gasteiger partial charge in [-0.25, -0.2) is 0 Å². The van der Waals surface area contributed by atoms with E-state index in [-0.39, 0.29) is 6.42 Å². The van der Waals surface area contributed by atoms with Gasteiger partial charge in [-0.1, -0.05) is 35.2 Å². The molecule has 0 aromatic heterocycles. The Labute approximate surface area is 114 Å². The molecule has 9 heteroatoms. The second-order valence-corrected chi connectivity index (χ2v) is 4.69. The topological polar surface area (TPSA) is 9.23 Å². The fraction of sp³-hybridized carbons (Fsp3) is 1.00. The molecule has 0 radical (unpaired) electrons. The molecule has 0 N–H and O–H groups in total. The van der Waals surface area contributed by atoms with Gasteiger partial charge in [0.25, 0.3) is 0 Å². The molecule has 0 saturated carbocycles. The average Bonchev–Trinajstić information content (AvgIpc) is 2.24. The van der Waals surface area contributed by atoms with Gasteiger partial charge in [-0.05, 0) is 12.8 Å². The fourth-order valence-electron chi connectivity index (χ4n) is 1.26. The second kappa shape index (κ2) is 7.66. The minimum absolute atomic E-state index is 0.0554. The molecule has 0 aliphatic heterocycles. The van der Waals surface area contributed by atoms with Crippen molar-refractivity contribution in [2.24, 2.45) is 0 Å². The largest absolute Gasteiger partial charge is 0.458 e. The first kappa shape index (κ1) is 18.9. The van der Waals surface area contributed by atoms with Crippen LogP contribution in [0.3, 0.4) is 0 Å². The van der Waals surface area contributed by atoms with Crippen molar-refractivity contribution in [2.45, 2.75) is 50.3 Å². The lowest BCUT2D eigenvalue weighted by Crippen LogP contribution is -2.55. The highest BCUT2D eigenvalue weighted by atomic mass is 79.9. The Morgan fingerprint density at radius 2 is 1.11 bits per heavy atom. The summed E-state index contributed by atoms with van der Waals surface area (Å²) in [4.78, 5) is 0. The molecule has 0 rings (SSSR count). The zero-order valence-electron chi connectivity index (χ0n) is 9.88. The SMILES string of the molecule is FC(F)(F)C(F)(OCCCCCCCBr)C(F)(F)F. The van der Waals surface area contributed by atoms with Gasteiger partial charge < -0.3 is 4.74 Å². The van der Waals surface area contributed by atoms with Gasteiger partial charge in [-0.2, -0.15) is 30.7 Å². The summed E-state index contributed by atoms with van der Waals surface area (Å²) in [6.07, 6.45) is -9.64. The predicted molar refractivity (Wildman–Crippen MR) is 58.8 cm³/mol. The van der Waals surface area contributed by atoms with Gasteiger partial charge in [0.15, 0.2) is 0 Å². The molecular weight excluding hydrogens is 349 g/mol. The van der Waals surface area contributed by atoms with Crippen LogP contribution in [0.25, 0.3) is 0 Å². The zero-order valence-corrected chi connectivity index (χ0v) is 11.5. The Morgan fingerprint density at radius 1 is 0.684 bits per heavy atom. The molecule has 0 spiro atoms. The minimum atomic E-state index is -6.14. The summed E-state index contributed by atoms with van der Waals surface area (Å²) in [5.74, 6) is -5.59. The van der Waals surface area contributed by atoms with Crippen molar-refractivity contribution in [3.63, 3.8) is 0 Å². The van der Waals surface area contributed by atoms with Crippen molar-refractivity contribution < 1.29 is 35.5 Å². The molecule has 0 unspecified atom stereocenters. The van der Waals surface area contributed by atoms with Crippen LogP contribution in [0.4, 0.5) is 30.7 Å². The standard InChI is InChI=1S/C10H14BrF7O/c11-6-4-2-1-3-5-7-19-8(12,9(13,14)15)10(16,17)18/h1-7H2. The van der Waals surface area contributed by atoms with Crippen LogP contribution in [0.15, 0.2) is 0 Å². The van der Waals surface area contributed by atoms with Gasteiger partial charge in [0, 0.05) is 5.33 Å². The van der Waals surface area contributed by atoms with Gasteiger partial charge in [0.05, 0.1) is 6.61 Å². The lowest BCUT2D eigenvalue weighted by atomic mass is 10.2. The van der Waals surface area contributed by atoms with Crippen LogP contribution in [0.2, 0.25) is 0 Å². The summed E-state index contributed by atoms with van der Waals surface area (Å²) in [6, 6.07) is 0. The molecule has 0 aromatic rings. The Hall–Kier alpha value is -0.0500. The third kappa shape index (κ3) is 5.85. The predicted octanol–water partition coefficient (Wildman–Crippen LogP) is 5.14. The quantitative estimate of drug-likeness (QED) is 0.330. The molecule has 0 atom stereocenters. The van der Waals surface area contributed by atoms with Gasteiger partial charge in [-0.3, -0.25) is 0 Å². The number of hydrogen-bond donors (Lipinski definition) is 0. The van der Waals surface area contributed by atoms with Crippen molar-refractivity contribution in [3.8, 4) is 0 Å². The zero-order chi connectivity index (χ0) is 15.2. The first-order chi connectivity index (χ1) is 8.56. The van der Waals surface area contributed by atoms with E-state index < -0.39 is 24.8 Å². The van der Waals surface area contributed by atoms with Crippen molar-refractivity contribution in [1.29, 1.82) is 0 Å². The van der Waals surface area contributed by atoms with Crippen molar-refractivity contribution >= 4 is 15.9 Å². The third-order valence-electron chi connectivity index (χ3n) is 2.31. The maximum Gasteiger partial charge on any atom is 0.458 e. The van der Waals surface area contributed by atoms with Gasteiger partial charge in [0.1, 0.15) is 0 Å². The van der Waals surface area contributed by atoms with Crippen LogP contribution in [0.1, 0.15) is 32.1 Å². The smallest absolute Gasteiger partial charge is 0.332 e. The lowest BCUT2D eigenvalue weighted by molar-refractivity contribution is -0.430. The van der Waals surface area contributed by atoms with Crippen LogP contribution < -0.4 is 0 Å². The highest BCUT2D eigenvalue weighted by Gasteiger charge is 2.74. The maximum absolute atomic E-state index is 13.0. The van der Waals surface area contributed by atoms with E-state index in [0.717, 1.165) is 18.2 Å². The molecular formula is C10H14BrF7O. The van der Waals surface area contributed by atoms with E-state index in [2.05, 4.69) is 20.7 Å². The molecule has 0 saturated heterocycles.